The van der Waals surface area contributed by atoms with E-state index in [4.69, 9.17) is 5.26 Å². The number of aromatic amines is 1. The zero-order valence-corrected chi connectivity index (χ0v) is 14.5. The van der Waals surface area contributed by atoms with Crippen LogP contribution in [0.3, 0.4) is 0 Å². The van der Waals surface area contributed by atoms with Crippen LogP contribution in [0.5, 0.6) is 5.75 Å². The van der Waals surface area contributed by atoms with Gasteiger partial charge in [-0.2, -0.15) is 17.0 Å². The van der Waals surface area contributed by atoms with Gasteiger partial charge in [0.05, 0.1) is 12.9 Å². The van der Waals surface area contributed by atoms with Gasteiger partial charge in [-0.1, -0.05) is 24.3 Å². The van der Waals surface area contributed by atoms with Crippen molar-refractivity contribution in [3.05, 3.63) is 54.1 Å². The fraction of sp³-hybridized carbons (Fsp3) is 0.235. The minimum atomic E-state index is 0.241. The highest BCUT2D eigenvalue weighted by Crippen LogP contribution is 2.10. The average molecular weight is 356 g/mol. The van der Waals surface area contributed by atoms with Crippen molar-refractivity contribution in [3.63, 3.8) is 0 Å². The van der Waals surface area contributed by atoms with E-state index < -0.39 is 0 Å². The lowest BCUT2D eigenvalue weighted by Crippen LogP contribution is -2.36. The molecule has 2 aromatic rings. The monoisotopic (exact) mass is 356 g/mol. The molecule has 0 fully saturated rings. The number of hydrogen-bond acceptors (Lipinski definition) is 5. The summed E-state index contributed by atoms with van der Waals surface area (Å²) in [6.07, 6.45) is 9.16. The summed E-state index contributed by atoms with van der Waals surface area (Å²) in [7, 11) is 0. The lowest BCUT2D eigenvalue weighted by Gasteiger charge is -2.07. The lowest BCUT2D eigenvalue weighted by molar-refractivity contribution is 0.475. The molecule has 0 atom stereocenters. The summed E-state index contributed by atoms with van der Waals surface area (Å²) in [4.78, 5) is 11.3. The van der Waals surface area contributed by atoms with Crippen molar-refractivity contribution < 1.29 is 5.11 Å². The van der Waals surface area contributed by atoms with Gasteiger partial charge in [-0.25, -0.2) is 9.98 Å². The summed E-state index contributed by atoms with van der Waals surface area (Å²) in [5.41, 5.74) is 2.07. The van der Waals surface area contributed by atoms with Gasteiger partial charge in [0, 0.05) is 29.9 Å². The molecule has 130 valence electrons. The first kappa shape index (κ1) is 18.4. The Morgan fingerprint density at radius 2 is 2.24 bits per heavy atom. The number of aromatic hydroxyl groups is 1. The summed E-state index contributed by atoms with van der Waals surface area (Å²) in [6, 6.07) is 6.90. The summed E-state index contributed by atoms with van der Waals surface area (Å²) >= 11 is 1.76. The maximum Gasteiger partial charge on any atom is 0.205 e. The van der Waals surface area contributed by atoms with Crippen LogP contribution in [0.4, 0.5) is 0 Å². The maximum absolute atomic E-state index is 9.23. The Kier molecular flexibility index (Phi) is 7.94. The molecule has 2 rings (SSSR count). The number of thioether (sulfide) groups is 1. The molecular weight excluding hydrogens is 336 g/mol. The van der Waals surface area contributed by atoms with E-state index in [0.29, 0.717) is 19.0 Å². The third-order valence-corrected chi connectivity index (χ3v) is 4.09. The zero-order valence-electron chi connectivity index (χ0n) is 13.6. The smallest absolute Gasteiger partial charge is 0.205 e. The molecule has 8 heteroatoms. The van der Waals surface area contributed by atoms with Crippen molar-refractivity contribution >= 4 is 23.8 Å². The molecule has 0 aliphatic carbocycles. The first-order valence-corrected chi connectivity index (χ1v) is 8.87. The number of benzene rings is 1. The molecule has 1 aromatic heterocycles. The van der Waals surface area contributed by atoms with E-state index in [0.717, 1.165) is 22.8 Å². The second-order valence-corrected chi connectivity index (χ2v) is 6.08. The van der Waals surface area contributed by atoms with Gasteiger partial charge in [-0.3, -0.25) is 5.32 Å². The number of phenols is 1. The number of hydrogen-bond donors (Lipinski definition) is 4. The van der Waals surface area contributed by atoms with Crippen molar-refractivity contribution in [3.8, 4) is 11.9 Å². The predicted molar refractivity (Wildman–Crippen MR) is 101 cm³/mol. The quantitative estimate of drug-likeness (QED) is 0.190. The maximum atomic E-state index is 9.23. The van der Waals surface area contributed by atoms with Gasteiger partial charge in [0.2, 0.25) is 5.96 Å². The normalized spacial score (nSPS) is 11.4. The zero-order chi connectivity index (χ0) is 17.7. The largest absolute Gasteiger partial charge is 0.508 e. The highest BCUT2D eigenvalue weighted by molar-refractivity contribution is 7.98. The van der Waals surface area contributed by atoms with E-state index in [1.807, 2.05) is 36.7 Å². The predicted octanol–water partition coefficient (Wildman–Crippen LogP) is 2.08. The Morgan fingerprint density at radius 3 is 2.96 bits per heavy atom. The van der Waals surface area contributed by atoms with Crippen molar-refractivity contribution in [1.82, 2.24) is 20.6 Å². The molecule has 4 N–H and O–H groups in total. The molecule has 0 aliphatic heterocycles. The third-order valence-electron chi connectivity index (χ3n) is 3.08. The summed E-state index contributed by atoms with van der Waals surface area (Å²) in [6.45, 7) is 1.15. The minimum Gasteiger partial charge on any atom is -0.508 e. The van der Waals surface area contributed by atoms with Crippen molar-refractivity contribution in [1.29, 1.82) is 5.26 Å². The highest BCUT2D eigenvalue weighted by atomic mass is 32.2. The fourth-order valence-electron chi connectivity index (χ4n) is 1.90. The van der Waals surface area contributed by atoms with Crippen LogP contribution in [0.1, 0.15) is 11.3 Å². The summed E-state index contributed by atoms with van der Waals surface area (Å²) in [5.74, 6) is 2.45. The Morgan fingerprint density at radius 1 is 1.40 bits per heavy atom. The summed E-state index contributed by atoms with van der Waals surface area (Å²) < 4.78 is 0. The van der Waals surface area contributed by atoms with Crippen molar-refractivity contribution in [2.45, 2.75) is 5.75 Å². The average Bonchev–Trinajstić information content (AvgIpc) is 3.13. The Balaban J connectivity index is 1.70. The van der Waals surface area contributed by atoms with Crippen LogP contribution in [-0.2, 0) is 5.75 Å². The molecule has 0 spiro atoms. The Labute approximate surface area is 150 Å². The number of H-pyrrole nitrogens is 1. The second-order valence-electron chi connectivity index (χ2n) is 4.98. The molecule has 25 heavy (non-hydrogen) atoms. The number of rotatable bonds is 8. The van der Waals surface area contributed by atoms with E-state index in [1.54, 1.807) is 30.2 Å². The molecule has 0 saturated carbocycles. The lowest BCUT2D eigenvalue weighted by atomic mass is 10.2. The van der Waals surface area contributed by atoms with Crippen LogP contribution in [0.15, 0.2) is 47.9 Å². The number of nitrogens with one attached hydrogen (secondary N) is 3. The van der Waals surface area contributed by atoms with Crippen molar-refractivity contribution in [2.75, 3.05) is 18.8 Å². The van der Waals surface area contributed by atoms with E-state index in [2.05, 4.69) is 25.6 Å². The first-order chi connectivity index (χ1) is 12.3. The standard InChI is InChI=1S/C17H20N6OS/c18-12-22-17(21-8-9-25-11-15-10-19-13-23-15)20-7-1-2-14-3-5-16(24)6-4-14/h1-6,10,13,24H,7-9,11H2,(H,19,23)(H2,20,21,22). The van der Waals surface area contributed by atoms with Crippen LogP contribution >= 0.6 is 11.8 Å². The van der Waals surface area contributed by atoms with Gasteiger partial charge in [-0.05, 0) is 17.7 Å². The molecule has 1 heterocycles. The first-order valence-electron chi connectivity index (χ1n) is 7.72. The van der Waals surface area contributed by atoms with Crippen LogP contribution in [-0.4, -0.2) is 39.9 Å². The Bertz CT molecular complexity index is 719. The second kappa shape index (κ2) is 10.8. The van der Waals surface area contributed by atoms with Crippen LogP contribution < -0.4 is 10.6 Å². The Hall–Kier alpha value is -2.92. The van der Waals surface area contributed by atoms with Gasteiger partial charge >= 0.3 is 0 Å². The molecule has 0 bridgehead atoms. The molecular formula is C17H20N6OS. The SMILES string of the molecule is N#CNC(=NCC=Cc1ccc(O)cc1)NCCSCc1cnc[nH]1. The molecule has 1 aromatic carbocycles. The number of guanidine groups is 1. The molecule has 7 nitrogen and oxygen atoms in total. The van der Waals surface area contributed by atoms with E-state index in [-0.39, 0.29) is 5.75 Å². The minimum absolute atomic E-state index is 0.241. The van der Waals surface area contributed by atoms with Gasteiger partial charge < -0.3 is 15.4 Å². The van der Waals surface area contributed by atoms with Gasteiger partial charge in [0.1, 0.15) is 5.75 Å². The summed E-state index contributed by atoms with van der Waals surface area (Å²) in [5, 5.41) is 23.7. The number of aromatic nitrogens is 2. The molecule has 0 amide bonds. The topological polar surface area (TPSA) is 109 Å². The fourth-order valence-corrected chi connectivity index (χ4v) is 2.67. The van der Waals surface area contributed by atoms with Crippen LogP contribution in [0.2, 0.25) is 0 Å². The van der Waals surface area contributed by atoms with Crippen LogP contribution in [0, 0.1) is 11.5 Å². The van der Waals surface area contributed by atoms with E-state index in [1.165, 1.54) is 0 Å². The van der Waals surface area contributed by atoms with Gasteiger partial charge in [-0.15, -0.1) is 0 Å². The number of imidazole rings is 1. The van der Waals surface area contributed by atoms with E-state index >= 15 is 0 Å². The van der Waals surface area contributed by atoms with Crippen LogP contribution in [0.25, 0.3) is 6.08 Å². The van der Waals surface area contributed by atoms with Gasteiger partial charge in [0.25, 0.3) is 0 Å². The number of nitrogens with zero attached hydrogens (tertiary/aromatic N) is 3. The molecule has 0 saturated heterocycles. The third kappa shape index (κ3) is 7.46. The number of nitriles is 1. The molecule has 0 radical (unpaired) electrons. The molecule has 0 unspecified atom stereocenters. The van der Waals surface area contributed by atoms with E-state index in [9.17, 15) is 5.11 Å². The van der Waals surface area contributed by atoms with Crippen molar-refractivity contribution in [2.24, 2.45) is 4.99 Å². The number of phenolic OH excluding ortho intramolecular Hbond substituents is 1. The van der Waals surface area contributed by atoms with Gasteiger partial charge in [0.15, 0.2) is 6.19 Å². The number of aliphatic imine (C=N–C) groups is 1. The highest BCUT2D eigenvalue weighted by Gasteiger charge is 1.98. The molecule has 0 aliphatic rings.